The van der Waals surface area contributed by atoms with Gasteiger partial charge in [0.05, 0.1) is 0 Å². The van der Waals surface area contributed by atoms with E-state index < -0.39 is 18.2 Å². The third-order valence-electron chi connectivity index (χ3n) is 4.77. The van der Waals surface area contributed by atoms with Crippen molar-refractivity contribution in [3.8, 4) is 11.3 Å². The molecule has 3 rings (SSSR count). The highest BCUT2D eigenvalue weighted by molar-refractivity contribution is 6.31. The Kier molecular flexibility index (Phi) is 7.67. The number of hydrogen-bond donors (Lipinski definition) is 2. The Morgan fingerprint density at radius 1 is 1.16 bits per heavy atom. The summed E-state index contributed by atoms with van der Waals surface area (Å²) in [5, 5.41) is 15.9. The van der Waals surface area contributed by atoms with Crippen LogP contribution in [0.3, 0.4) is 0 Å². The van der Waals surface area contributed by atoms with E-state index in [2.05, 4.69) is 10.5 Å². The summed E-state index contributed by atoms with van der Waals surface area (Å²) < 4.78 is 10.5. The van der Waals surface area contributed by atoms with Crippen LogP contribution in [0.25, 0.3) is 11.3 Å². The quantitative estimate of drug-likeness (QED) is 0.388. The highest BCUT2D eigenvalue weighted by Gasteiger charge is 2.18. The summed E-state index contributed by atoms with van der Waals surface area (Å²) in [5.41, 5.74) is 3.46. The molecule has 7 nitrogen and oxygen atoms in total. The van der Waals surface area contributed by atoms with Gasteiger partial charge in [-0.1, -0.05) is 59.2 Å². The summed E-state index contributed by atoms with van der Waals surface area (Å²) in [6.07, 6.45) is 2.59. The van der Waals surface area contributed by atoms with Gasteiger partial charge in [-0.05, 0) is 37.8 Å². The second-order valence-electron chi connectivity index (χ2n) is 7.07. The van der Waals surface area contributed by atoms with Crippen LogP contribution in [0.2, 0.25) is 5.02 Å². The maximum Gasteiger partial charge on any atom is 0.412 e. The van der Waals surface area contributed by atoms with Crippen LogP contribution in [0, 0.1) is 0 Å². The molecular weight excluding hydrogens is 420 g/mol. The largest absolute Gasteiger partial charge is 0.481 e. The van der Waals surface area contributed by atoms with Crippen molar-refractivity contribution in [2.24, 2.45) is 0 Å². The van der Waals surface area contributed by atoms with E-state index >= 15 is 0 Å². The molecule has 3 aromatic rings. The number of nitrogens with zero attached hydrogens (tertiary/aromatic N) is 1. The number of carbonyl (C=O) groups excluding carboxylic acids is 1. The summed E-state index contributed by atoms with van der Waals surface area (Å²) in [7, 11) is 0. The van der Waals surface area contributed by atoms with Crippen molar-refractivity contribution in [3.63, 3.8) is 0 Å². The number of nitrogens with one attached hydrogen (secondary N) is 1. The lowest BCUT2D eigenvalue weighted by Crippen LogP contribution is -2.16. The second-order valence-corrected chi connectivity index (χ2v) is 7.48. The Labute approximate surface area is 185 Å². The number of aliphatic carboxylic acids is 1. The van der Waals surface area contributed by atoms with Gasteiger partial charge in [-0.2, -0.15) is 0 Å². The van der Waals surface area contributed by atoms with Gasteiger partial charge in [-0.3, -0.25) is 10.1 Å². The minimum Gasteiger partial charge on any atom is -0.481 e. The fourth-order valence-electron chi connectivity index (χ4n) is 3.14. The number of rotatable bonds is 9. The standard InChI is InChI=1S/C23H23ClN2O5/c1-15(18-7-3-4-8-19(18)24)31-23(29)25-20-14-30-26-22(20)17-12-10-16(11-13-17)6-2-5-9-21(27)28/h3-4,7-8,10-15H,2,5-6,9H2,1H3,(H,25,29)(H,27,28). The van der Waals surface area contributed by atoms with Crippen molar-refractivity contribution in [2.45, 2.75) is 38.7 Å². The molecule has 0 aliphatic rings. The van der Waals surface area contributed by atoms with Crippen LogP contribution < -0.4 is 5.32 Å². The Morgan fingerprint density at radius 3 is 2.61 bits per heavy atom. The number of ether oxygens (including phenoxy) is 1. The summed E-state index contributed by atoms with van der Waals surface area (Å²) in [6.45, 7) is 1.74. The highest BCUT2D eigenvalue weighted by Crippen LogP contribution is 2.29. The summed E-state index contributed by atoms with van der Waals surface area (Å²) in [4.78, 5) is 22.9. The van der Waals surface area contributed by atoms with Crippen LogP contribution in [-0.2, 0) is 16.0 Å². The van der Waals surface area contributed by atoms with Gasteiger partial charge in [0, 0.05) is 22.6 Å². The van der Waals surface area contributed by atoms with Gasteiger partial charge in [-0.15, -0.1) is 0 Å². The molecule has 2 aromatic carbocycles. The molecule has 0 aliphatic heterocycles. The van der Waals surface area contributed by atoms with Gasteiger partial charge in [0.1, 0.15) is 23.7 Å². The molecule has 1 heterocycles. The molecular formula is C23H23ClN2O5. The first kappa shape index (κ1) is 22.4. The molecule has 0 spiro atoms. The number of halogens is 1. The van der Waals surface area contributed by atoms with Gasteiger partial charge >= 0.3 is 12.1 Å². The van der Waals surface area contributed by atoms with E-state index in [0.717, 1.165) is 24.0 Å². The van der Waals surface area contributed by atoms with Gasteiger partial charge in [0.25, 0.3) is 0 Å². The predicted molar refractivity (Wildman–Crippen MR) is 117 cm³/mol. The van der Waals surface area contributed by atoms with Crippen LogP contribution >= 0.6 is 11.6 Å². The molecule has 0 fully saturated rings. The molecule has 1 unspecified atom stereocenters. The smallest absolute Gasteiger partial charge is 0.412 e. The summed E-state index contributed by atoms with van der Waals surface area (Å²) in [5.74, 6) is -0.777. The predicted octanol–water partition coefficient (Wildman–Crippen LogP) is 6.10. The number of carboxylic acids is 1. The van der Waals surface area contributed by atoms with E-state index in [1.807, 2.05) is 36.4 Å². The summed E-state index contributed by atoms with van der Waals surface area (Å²) in [6, 6.07) is 14.8. The number of hydrogen-bond acceptors (Lipinski definition) is 5. The SMILES string of the molecule is CC(OC(=O)Nc1conc1-c1ccc(CCCCC(=O)O)cc1)c1ccccc1Cl. The molecule has 0 aliphatic carbocycles. The number of aromatic nitrogens is 1. The second kappa shape index (κ2) is 10.6. The van der Waals surface area contributed by atoms with Crippen molar-refractivity contribution in [3.05, 3.63) is 70.9 Å². The number of anilines is 1. The van der Waals surface area contributed by atoms with E-state index in [1.165, 1.54) is 6.26 Å². The van der Waals surface area contributed by atoms with Crippen molar-refractivity contribution in [2.75, 3.05) is 5.32 Å². The number of benzene rings is 2. The normalized spacial score (nSPS) is 11.7. The molecule has 0 bridgehead atoms. The molecule has 1 atom stereocenters. The number of carboxylic acid groups (broad SMARTS) is 1. The maximum absolute atomic E-state index is 12.4. The third kappa shape index (κ3) is 6.33. The monoisotopic (exact) mass is 442 g/mol. The van der Waals surface area contributed by atoms with Crippen LogP contribution in [-0.4, -0.2) is 22.3 Å². The average molecular weight is 443 g/mol. The first-order valence-electron chi connectivity index (χ1n) is 9.91. The lowest BCUT2D eigenvalue weighted by atomic mass is 10.0. The number of aryl methyl sites for hydroxylation is 1. The van der Waals surface area contributed by atoms with Crippen molar-refractivity contribution >= 4 is 29.4 Å². The molecule has 0 saturated heterocycles. The lowest BCUT2D eigenvalue weighted by Gasteiger charge is -2.15. The molecule has 1 amide bonds. The fourth-order valence-corrected chi connectivity index (χ4v) is 3.43. The van der Waals surface area contributed by atoms with E-state index in [4.69, 9.17) is 26.0 Å². The minimum atomic E-state index is -0.777. The van der Waals surface area contributed by atoms with E-state index in [-0.39, 0.29) is 6.42 Å². The zero-order chi connectivity index (χ0) is 22.2. The molecule has 1 aromatic heterocycles. The van der Waals surface area contributed by atoms with Gasteiger partial charge in [0.2, 0.25) is 0 Å². The molecule has 31 heavy (non-hydrogen) atoms. The first-order valence-corrected chi connectivity index (χ1v) is 10.3. The highest BCUT2D eigenvalue weighted by atomic mass is 35.5. The van der Waals surface area contributed by atoms with Gasteiger partial charge in [-0.25, -0.2) is 4.79 Å². The topological polar surface area (TPSA) is 102 Å². The fraction of sp³-hybridized carbons (Fsp3) is 0.261. The van der Waals surface area contributed by atoms with Crippen molar-refractivity contribution < 1.29 is 24.0 Å². The summed E-state index contributed by atoms with van der Waals surface area (Å²) >= 11 is 6.15. The molecule has 0 radical (unpaired) electrons. The maximum atomic E-state index is 12.4. The van der Waals surface area contributed by atoms with Gasteiger partial charge < -0.3 is 14.4 Å². The zero-order valence-electron chi connectivity index (χ0n) is 17.0. The van der Waals surface area contributed by atoms with Crippen molar-refractivity contribution in [1.29, 1.82) is 0 Å². The zero-order valence-corrected chi connectivity index (χ0v) is 17.8. The molecule has 2 N–H and O–H groups in total. The van der Waals surface area contributed by atoms with E-state index in [1.54, 1.807) is 19.1 Å². The molecule has 8 heteroatoms. The Balaban J connectivity index is 1.59. The molecule has 162 valence electrons. The van der Waals surface area contributed by atoms with Crippen LogP contribution in [0.15, 0.2) is 59.3 Å². The van der Waals surface area contributed by atoms with Gasteiger partial charge in [0.15, 0.2) is 0 Å². The van der Waals surface area contributed by atoms with Crippen LogP contribution in [0.1, 0.15) is 43.4 Å². The third-order valence-corrected chi connectivity index (χ3v) is 5.11. The molecule has 0 saturated carbocycles. The lowest BCUT2D eigenvalue weighted by molar-refractivity contribution is -0.137. The number of carbonyl (C=O) groups is 2. The van der Waals surface area contributed by atoms with Crippen LogP contribution in [0.5, 0.6) is 0 Å². The minimum absolute atomic E-state index is 0.178. The Bertz CT molecular complexity index is 1030. The van der Waals surface area contributed by atoms with E-state index in [0.29, 0.717) is 28.4 Å². The Hall–Kier alpha value is -3.32. The number of unbranched alkanes of at least 4 members (excludes halogenated alkanes) is 1. The van der Waals surface area contributed by atoms with E-state index in [9.17, 15) is 9.59 Å². The number of amides is 1. The van der Waals surface area contributed by atoms with Crippen LogP contribution in [0.4, 0.5) is 10.5 Å². The average Bonchev–Trinajstić information content (AvgIpc) is 3.19. The Morgan fingerprint density at radius 2 is 1.90 bits per heavy atom. The van der Waals surface area contributed by atoms with Crippen molar-refractivity contribution in [1.82, 2.24) is 5.16 Å². The first-order chi connectivity index (χ1) is 14.9.